The highest BCUT2D eigenvalue weighted by Gasteiger charge is 2.48. The van der Waals surface area contributed by atoms with E-state index in [9.17, 15) is 5.11 Å². The number of hydrogen-bond acceptors (Lipinski definition) is 6. The van der Waals surface area contributed by atoms with Gasteiger partial charge in [-0.25, -0.2) is 0 Å². The molecule has 0 spiro atoms. The number of aliphatic hydroxyl groups excluding tert-OH is 1. The van der Waals surface area contributed by atoms with E-state index in [1.807, 2.05) is 91.0 Å². The summed E-state index contributed by atoms with van der Waals surface area (Å²) in [7, 11) is 0. The topological polar surface area (TPSA) is 57.2 Å². The molecule has 5 atom stereocenters. The summed E-state index contributed by atoms with van der Waals surface area (Å²) in [6, 6.07) is 30.2. The molecule has 6 heteroatoms. The summed E-state index contributed by atoms with van der Waals surface area (Å²) in [5.74, 6) is 0.856. The van der Waals surface area contributed by atoms with Gasteiger partial charge in [-0.3, -0.25) is 0 Å². The summed E-state index contributed by atoms with van der Waals surface area (Å²) in [6.45, 7) is 3.19. The fraction of sp³-hybridized carbons (Fsp3) is 0.379. The lowest BCUT2D eigenvalue weighted by Crippen LogP contribution is -2.60. The normalized spacial score (nSPS) is 24.3. The van der Waals surface area contributed by atoms with Crippen LogP contribution in [0.3, 0.4) is 0 Å². The van der Waals surface area contributed by atoms with Crippen LogP contribution in [0, 0.1) is 0 Å². The largest absolute Gasteiger partial charge is 0.394 e. The Balaban J connectivity index is 1.58. The van der Waals surface area contributed by atoms with Gasteiger partial charge in [-0.1, -0.05) is 97.9 Å². The van der Waals surface area contributed by atoms with Crippen LogP contribution in [-0.2, 0) is 38.8 Å². The third-order valence-corrected chi connectivity index (χ3v) is 7.00. The van der Waals surface area contributed by atoms with Gasteiger partial charge in [-0.2, -0.15) is 0 Å². The Morgan fingerprint density at radius 3 is 1.51 bits per heavy atom. The van der Waals surface area contributed by atoms with Gasteiger partial charge in [0.05, 0.1) is 26.4 Å². The van der Waals surface area contributed by atoms with Crippen molar-refractivity contribution in [2.45, 2.75) is 56.6 Å². The summed E-state index contributed by atoms with van der Waals surface area (Å²) < 4.78 is 25.7. The van der Waals surface area contributed by atoms with Crippen LogP contribution in [-0.4, -0.2) is 47.3 Å². The Morgan fingerprint density at radius 1 is 0.657 bits per heavy atom. The van der Waals surface area contributed by atoms with Crippen molar-refractivity contribution < 1.29 is 24.1 Å². The molecule has 5 nitrogen and oxygen atoms in total. The van der Waals surface area contributed by atoms with E-state index >= 15 is 0 Å². The predicted molar refractivity (Wildman–Crippen MR) is 139 cm³/mol. The van der Waals surface area contributed by atoms with Gasteiger partial charge in [0.15, 0.2) is 0 Å². The van der Waals surface area contributed by atoms with Crippen LogP contribution in [0.15, 0.2) is 91.0 Å². The smallest absolute Gasteiger partial charge is 0.132 e. The van der Waals surface area contributed by atoms with Gasteiger partial charge in [-0.15, -0.1) is 11.8 Å². The minimum atomic E-state index is -0.514. The van der Waals surface area contributed by atoms with Crippen molar-refractivity contribution in [3.8, 4) is 0 Å². The molecule has 0 radical (unpaired) electrons. The summed E-state index contributed by atoms with van der Waals surface area (Å²) in [6.07, 6.45) is -1.79. The van der Waals surface area contributed by atoms with Crippen LogP contribution in [0.5, 0.6) is 0 Å². The van der Waals surface area contributed by atoms with Gasteiger partial charge >= 0.3 is 0 Å². The van der Waals surface area contributed by atoms with Crippen molar-refractivity contribution in [2.75, 3.05) is 12.4 Å². The molecule has 0 unspecified atom stereocenters. The maximum Gasteiger partial charge on any atom is 0.132 e. The number of rotatable bonds is 12. The molecular formula is C29H34O5S. The van der Waals surface area contributed by atoms with Gasteiger partial charge in [0.1, 0.15) is 29.9 Å². The Hall–Kier alpha value is -2.19. The molecule has 3 aromatic carbocycles. The molecule has 3 aromatic rings. The van der Waals surface area contributed by atoms with Crippen molar-refractivity contribution in [3.05, 3.63) is 108 Å². The van der Waals surface area contributed by atoms with E-state index in [-0.39, 0.29) is 18.1 Å². The summed E-state index contributed by atoms with van der Waals surface area (Å²) in [4.78, 5) is 0. The first-order valence-corrected chi connectivity index (χ1v) is 13.2. The lowest BCUT2D eigenvalue weighted by molar-refractivity contribution is -0.251. The Bertz CT molecular complexity index is 972. The lowest BCUT2D eigenvalue weighted by Gasteiger charge is -2.45. The van der Waals surface area contributed by atoms with E-state index in [2.05, 4.69) is 6.92 Å². The van der Waals surface area contributed by atoms with E-state index in [4.69, 9.17) is 18.9 Å². The molecule has 0 bridgehead atoms. The lowest BCUT2D eigenvalue weighted by atomic mass is 9.99. The Labute approximate surface area is 212 Å². The minimum absolute atomic E-state index is 0.156. The van der Waals surface area contributed by atoms with Gasteiger partial charge in [0.25, 0.3) is 0 Å². The maximum absolute atomic E-state index is 10.2. The standard InChI is InChI=1S/C29H34O5S/c1-2-35-29-28(33-21-24-16-10-5-11-17-24)27(32-20-23-14-8-4-9-15-23)26(25(18-30)34-29)31-19-22-12-6-3-7-13-22/h3-17,25-30H,2,18-21H2,1H3/t25-,26-,27+,28-,29-/m1/s1. The monoisotopic (exact) mass is 494 g/mol. The van der Waals surface area contributed by atoms with Crippen molar-refractivity contribution in [1.29, 1.82) is 0 Å². The number of aliphatic hydroxyl groups is 1. The van der Waals surface area contributed by atoms with E-state index in [1.165, 1.54) is 0 Å². The van der Waals surface area contributed by atoms with Crippen LogP contribution in [0.25, 0.3) is 0 Å². The van der Waals surface area contributed by atoms with Gasteiger partial charge in [0.2, 0.25) is 0 Å². The average Bonchev–Trinajstić information content (AvgIpc) is 2.92. The van der Waals surface area contributed by atoms with E-state index in [0.717, 1.165) is 22.4 Å². The first-order chi connectivity index (χ1) is 17.3. The molecule has 35 heavy (non-hydrogen) atoms. The number of thioether (sulfide) groups is 1. The number of ether oxygens (including phenoxy) is 4. The highest BCUT2D eigenvalue weighted by molar-refractivity contribution is 7.99. The van der Waals surface area contributed by atoms with Crippen LogP contribution < -0.4 is 0 Å². The molecule has 0 amide bonds. The molecule has 0 aliphatic carbocycles. The van der Waals surface area contributed by atoms with Crippen molar-refractivity contribution in [2.24, 2.45) is 0 Å². The summed E-state index contributed by atoms with van der Waals surface area (Å²) >= 11 is 1.66. The molecule has 1 aliphatic rings. The quantitative estimate of drug-likeness (QED) is 0.373. The molecule has 0 aromatic heterocycles. The molecule has 1 aliphatic heterocycles. The van der Waals surface area contributed by atoms with Gasteiger partial charge in [-0.05, 0) is 22.4 Å². The van der Waals surface area contributed by atoms with Crippen LogP contribution in [0.2, 0.25) is 0 Å². The van der Waals surface area contributed by atoms with Gasteiger partial charge < -0.3 is 24.1 Å². The van der Waals surface area contributed by atoms with Crippen molar-refractivity contribution in [3.63, 3.8) is 0 Å². The molecule has 1 N–H and O–H groups in total. The maximum atomic E-state index is 10.2. The third kappa shape index (κ3) is 7.40. The fourth-order valence-corrected chi connectivity index (χ4v) is 5.16. The van der Waals surface area contributed by atoms with Crippen LogP contribution in [0.1, 0.15) is 23.6 Å². The number of benzene rings is 3. The highest BCUT2D eigenvalue weighted by atomic mass is 32.2. The van der Waals surface area contributed by atoms with Crippen molar-refractivity contribution >= 4 is 11.8 Å². The van der Waals surface area contributed by atoms with E-state index in [1.54, 1.807) is 11.8 Å². The highest BCUT2D eigenvalue weighted by Crippen LogP contribution is 2.35. The summed E-state index contributed by atoms with van der Waals surface area (Å²) in [5.41, 5.74) is 2.93. The SMILES string of the molecule is CCS[C@H]1O[C@H](CO)[C@@H](OCc2ccccc2)[C@H](OCc2ccccc2)[C@H]1OCc1ccccc1. The zero-order chi connectivity index (χ0) is 24.3. The molecule has 186 valence electrons. The molecule has 1 heterocycles. The zero-order valence-corrected chi connectivity index (χ0v) is 20.9. The minimum Gasteiger partial charge on any atom is -0.394 e. The third-order valence-electron chi connectivity index (χ3n) is 5.96. The van der Waals surface area contributed by atoms with Crippen LogP contribution >= 0.6 is 11.8 Å². The first-order valence-electron chi connectivity index (χ1n) is 12.1. The second-order valence-electron chi connectivity index (χ2n) is 8.46. The zero-order valence-electron chi connectivity index (χ0n) is 20.1. The van der Waals surface area contributed by atoms with Crippen LogP contribution in [0.4, 0.5) is 0 Å². The second-order valence-corrected chi connectivity index (χ2v) is 9.84. The molecule has 4 rings (SSSR count). The summed E-state index contributed by atoms with van der Waals surface area (Å²) in [5, 5.41) is 10.2. The predicted octanol–water partition coefficient (Wildman–Crippen LogP) is 5.21. The first kappa shape index (κ1) is 25.9. The molecule has 1 fully saturated rings. The van der Waals surface area contributed by atoms with E-state index < -0.39 is 18.3 Å². The molecule has 0 saturated carbocycles. The van der Waals surface area contributed by atoms with E-state index in [0.29, 0.717) is 19.8 Å². The van der Waals surface area contributed by atoms with Crippen molar-refractivity contribution in [1.82, 2.24) is 0 Å². The Kier molecular flexibility index (Phi) is 10.2. The molecular weight excluding hydrogens is 460 g/mol. The molecule has 1 saturated heterocycles. The number of hydrogen-bond donors (Lipinski definition) is 1. The van der Waals surface area contributed by atoms with Gasteiger partial charge in [0, 0.05) is 0 Å². The second kappa shape index (κ2) is 13.8. The average molecular weight is 495 g/mol. The Morgan fingerprint density at radius 2 is 1.09 bits per heavy atom. The fourth-order valence-electron chi connectivity index (χ4n) is 4.19.